The Hall–Kier alpha value is -1.17. The number of benzene rings is 1. The van der Waals surface area contributed by atoms with Crippen molar-refractivity contribution in [1.82, 2.24) is 4.90 Å². The molecular weight excluding hydrogens is 260 g/mol. The Kier molecular flexibility index (Phi) is 5.13. The molecule has 0 aliphatic carbocycles. The van der Waals surface area contributed by atoms with Crippen LogP contribution in [0.25, 0.3) is 0 Å². The summed E-state index contributed by atoms with van der Waals surface area (Å²) in [6, 6.07) is 8.06. The second kappa shape index (κ2) is 6.84. The fraction of sp³-hybridized carbons (Fsp3) is 0.500. The summed E-state index contributed by atoms with van der Waals surface area (Å²) in [5.74, 6) is 0.760. The van der Waals surface area contributed by atoms with Crippen LogP contribution in [0.15, 0.2) is 24.3 Å². The summed E-state index contributed by atoms with van der Waals surface area (Å²) >= 11 is 5.01. The van der Waals surface area contributed by atoms with Crippen molar-refractivity contribution in [2.24, 2.45) is 5.73 Å². The molecule has 1 saturated heterocycles. The maximum absolute atomic E-state index is 5.80. The maximum atomic E-state index is 5.80. The average Bonchev–Trinajstić information content (AvgIpc) is 2.41. The van der Waals surface area contributed by atoms with Gasteiger partial charge < -0.3 is 15.2 Å². The lowest BCUT2D eigenvalue weighted by molar-refractivity contribution is -0.00515. The van der Waals surface area contributed by atoms with E-state index in [-0.39, 0.29) is 0 Å². The van der Waals surface area contributed by atoms with E-state index in [9.17, 15) is 0 Å². The SMILES string of the molecule is CC1COCCN1CCOc1ccccc1C(N)=S. The number of hydrogen-bond acceptors (Lipinski definition) is 4. The van der Waals surface area contributed by atoms with E-state index in [0.29, 0.717) is 17.6 Å². The second-order valence-corrected chi connectivity index (χ2v) is 5.11. The summed E-state index contributed by atoms with van der Waals surface area (Å²) in [7, 11) is 0. The molecule has 104 valence electrons. The van der Waals surface area contributed by atoms with E-state index in [2.05, 4.69) is 11.8 Å². The highest BCUT2D eigenvalue weighted by Gasteiger charge is 2.18. The standard InChI is InChI=1S/C14H20N2O2S/c1-11-10-17-8-6-16(11)7-9-18-13-5-3-2-4-12(13)14(15)19/h2-5,11H,6-10H2,1H3,(H2,15,19). The van der Waals surface area contributed by atoms with Crippen molar-refractivity contribution in [3.63, 3.8) is 0 Å². The molecule has 4 nitrogen and oxygen atoms in total. The number of hydrogen-bond donors (Lipinski definition) is 1. The van der Waals surface area contributed by atoms with Gasteiger partial charge in [0.2, 0.25) is 0 Å². The van der Waals surface area contributed by atoms with Crippen molar-refractivity contribution >= 4 is 17.2 Å². The van der Waals surface area contributed by atoms with Crippen LogP contribution in [0.4, 0.5) is 0 Å². The zero-order valence-electron chi connectivity index (χ0n) is 11.2. The van der Waals surface area contributed by atoms with E-state index in [0.717, 1.165) is 37.6 Å². The third kappa shape index (κ3) is 3.89. The number of ether oxygens (including phenoxy) is 2. The van der Waals surface area contributed by atoms with Crippen molar-refractivity contribution in [2.45, 2.75) is 13.0 Å². The van der Waals surface area contributed by atoms with Crippen molar-refractivity contribution < 1.29 is 9.47 Å². The predicted molar refractivity (Wildman–Crippen MR) is 79.7 cm³/mol. The third-order valence-corrected chi connectivity index (χ3v) is 3.51. The van der Waals surface area contributed by atoms with Crippen molar-refractivity contribution in [3.8, 4) is 5.75 Å². The van der Waals surface area contributed by atoms with Crippen LogP contribution in [-0.2, 0) is 4.74 Å². The van der Waals surface area contributed by atoms with E-state index < -0.39 is 0 Å². The molecule has 0 amide bonds. The van der Waals surface area contributed by atoms with E-state index in [1.54, 1.807) is 0 Å². The van der Waals surface area contributed by atoms with Gasteiger partial charge in [-0.05, 0) is 19.1 Å². The van der Waals surface area contributed by atoms with Crippen LogP contribution < -0.4 is 10.5 Å². The minimum absolute atomic E-state index is 0.371. The summed E-state index contributed by atoms with van der Waals surface area (Å²) < 4.78 is 11.2. The van der Waals surface area contributed by atoms with Crippen LogP contribution in [0.1, 0.15) is 12.5 Å². The van der Waals surface area contributed by atoms with E-state index in [1.807, 2.05) is 24.3 Å². The zero-order valence-corrected chi connectivity index (χ0v) is 12.0. The molecule has 1 aliphatic rings. The predicted octanol–water partition coefficient (Wildman–Crippen LogP) is 1.42. The number of morpholine rings is 1. The number of para-hydroxylation sites is 1. The topological polar surface area (TPSA) is 47.7 Å². The third-order valence-electron chi connectivity index (χ3n) is 3.29. The Morgan fingerprint density at radius 3 is 3.05 bits per heavy atom. The first kappa shape index (κ1) is 14.2. The maximum Gasteiger partial charge on any atom is 0.129 e. The Labute approximate surface area is 119 Å². The molecule has 0 saturated carbocycles. The molecule has 1 aromatic carbocycles. The molecule has 0 bridgehead atoms. The summed E-state index contributed by atoms with van der Waals surface area (Å²) in [4.78, 5) is 2.74. The van der Waals surface area contributed by atoms with Crippen molar-refractivity contribution in [3.05, 3.63) is 29.8 Å². The minimum Gasteiger partial charge on any atom is -0.492 e. The van der Waals surface area contributed by atoms with Gasteiger partial charge in [0.15, 0.2) is 0 Å². The van der Waals surface area contributed by atoms with Gasteiger partial charge in [-0.15, -0.1) is 0 Å². The van der Waals surface area contributed by atoms with Gasteiger partial charge in [0, 0.05) is 19.1 Å². The Morgan fingerprint density at radius 1 is 1.53 bits per heavy atom. The van der Waals surface area contributed by atoms with Gasteiger partial charge in [-0.2, -0.15) is 0 Å². The summed E-state index contributed by atoms with van der Waals surface area (Å²) in [5.41, 5.74) is 6.47. The van der Waals surface area contributed by atoms with Gasteiger partial charge >= 0.3 is 0 Å². The van der Waals surface area contributed by atoms with Gasteiger partial charge in [-0.3, -0.25) is 4.90 Å². The van der Waals surface area contributed by atoms with Gasteiger partial charge in [-0.1, -0.05) is 24.4 Å². The monoisotopic (exact) mass is 280 g/mol. The molecule has 1 heterocycles. The quantitative estimate of drug-likeness (QED) is 0.827. The van der Waals surface area contributed by atoms with Crippen LogP contribution in [0, 0.1) is 0 Å². The molecule has 1 aliphatic heterocycles. The van der Waals surface area contributed by atoms with E-state index in [1.165, 1.54) is 0 Å². The van der Waals surface area contributed by atoms with Crippen LogP contribution in [0.3, 0.4) is 0 Å². The molecular formula is C14H20N2O2S. The first-order valence-electron chi connectivity index (χ1n) is 6.52. The molecule has 19 heavy (non-hydrogen) atoms. The molecule has 0 radical (unpaired) electrons. The Bertz CT molecular complexity index is 439. The molecule has 1 aromatic rings. The molecule has 1 unspecified atom stereocenters. The number of rotatable bonds is 5. The van der Waals surface area contributed by atoms with Gasteiger partial charge in [0.1, 0.15) is 17.3 Å². The first-order valence-corrected chi connectivity index (χ1v) is 6.92. The van der Waals surface area contributed by atoms with Crippen LogP contribution >= 0.6 is 12.2 Å². The normalized spacial score (nSPS) is 20.2. The Morgan fingerprint density at radius 2 is 2.32 bits per heavy atom. The number of thiocarbonyl (C=S) groups is 1. The molecule has 0 spiro atoms. The number of nitrogens with two attached hydrogens (primary N) is 1. The lowest BCUT2D eigenvalue weighted by Crippen LogP contribution is -2.45. The fourth-order valence-electron chi connectivity index (χ4n) is 2.16. The number of nitrogens with zero attached hydrogens (tertiary/aromatic N) is 1. The molecule has 2 rings (SSSR count). The lowest BCUT2D eigenvalue weighted by Gasteiger charge is -2.33. The van der Waals surface area contributed by atoms with Crippen LogP contribution in [-0.4, -0.2) is 48.8 Å². The van der Waals surface area contributed by atoms with Crippen LogP contribution in [0.5, 0.6) is 5.75 Å². The summed E-state index contributed by atoms with van der Waals surface area (Å²) in [5, 5.41) is 0. The van der Waals surface area contributed by atoms with E-state index >= 15 is 0 Å². The van der Waals surface area contributed by atoms with Gasteiger partial charge in [-0.25, -0.2) is 0 Å². The largest absolute Gasteiger partial charge is 0.492 e. The molecule has 1 atom stereocenters. The summed E-state index contributed by atoms with van der Waals surface area (Å²) in [6.07, 6.45) is 0. The molecule has 1 fully saturated rings. The molecule has 2 N–H and O–H groups in total. The van der Waals surface area contributed by atoms with Crippen molar-refractivity contribution in [1.29, 1.82) is 0 Å². The van der Waals surface area contributed by atoms with Crippen molar-refractivity contribution in [2.75, 3.05) is 32.9 Å². The highest BCUT2D eigenvalue weighted by atomic mass is 32.1. The minimum atomic E-state index is 0.371. The Balaban J connectivity index is 1.87. The van der Waals surface area contributed by atoms with Gasteiger partial charge in [0.25, 0.3) is 0 Å². The fourth-order valence-corrected chi connectivity index (χ4v) is 2.33. The highest BCUT2D eigenvalue weighted by Crippen LogP contribution is 2.17. The molecule has 0 aromatic heterocycles. The average molecular weight is 280 g/mol. The van der Waals surface area contributed by atoms with Crippen LogP contribution in [0.2, 0.25) is 0 Å². The smallest absolute Gasteiger partial charge is 0.129 e. The highest BCUT2D eigenvalue weighted by molar-refractivity contribution is 7.80. The van der Waals surface area contributed by atoms with E-state index in [4.69, 9.17) is 27.4 Å². The van der Waals surface area contributed by atoms with Gasteiger partial charge in [0.05, 0.1) is 18.8 Å². The zero-order chi connectivity index (χ0) is 13.7. The first-order chi connectivity index (χ1) is 9.18. The lowest BCUT2D eigenvalue weighted by atomic mass is 10.2. The second-order valence-electron chi connectivity index (χ2n) is 4.67. The molecule has 5 heteroatoms. The summed E-state index contributed by atoms with van der Waals surface area (Å²) in [6.45, 7) is 6.24.